The molecule has 0 saturated carbocycles. The number of phenolic OH excluding ortho intramolecular Hbond substituents is 3. The summed E-state index contributed by atoms with van der Waals surface area (Å²) in [6, 6.07) is 24.8. The number of rotatable bonds is 6. The number of benzene rings is 4. The summed E-state index contributed by atoms with van der Waals surface area (Å²) in [5, 5.41) is 38.4. The van der Waals surface area contributed by atoms with Crippen molar-refractivity contribution in [2.75, 3.05) is 7.11 Å². The minimum absolute atomic E-state index is 0.259. The van der Waals surface area contributed by atoms with Gasteiger partial charge in [-0.2, -0.15) is 5.10 Å². The Morgan fingerprint density at radius 2 is 1.67 bits per heavy atom. The molecule has 4 aromatic carbocycles. The van der Waals surface area contributed by atoms with Crippen molar-refractivity contribution in [3.63, 3.8) is 0 Å². The minimum Gasteiger partial charge on any atom is -0.504 e. The van der Waals surface area contributed by atoms with Gasteiger partial charge in [0.2, 0.25) is 10.6 Å². The van der Waals surface area contributed by atoms with E-state index in [1.807, 2.05) is 66.0 Å². The molecule has 0 spiro atoms. The number of thiazole rings is 1. The topological polar surface area (TPSA) is 99.6 Å². The van der Waals surface area contributed by atoms with Gasteiger partial charge < -0.3 is 20.1 Å². The number of hydrogen-bond donors (Lipinski definition) is 3. The maximum Gasteiger partial charge on any atom is 0.206 e. The van der Waals surface area contributed by atoms with Gasteiger partial charge in [-0.25, -0.2) is 4.68 Å². The summed E-state index contributed by atoms with van der Waals surface area (Å²) >= 11 is 1.46. The van der Waals surface area contributed by atoms with Gasteiger partial charge in [0.15, 0.2) is 11.5 Å². The van der Waals surface area contributed by atoms with E-state index in [0.717, 1.165) is 33.3 Å². The molecule has 0 saturated heterocycles. The fraction of sp³-hybridized carbons (Fsp3) is 0.0714. The molecular formula is C28H23N3O4S. The Hall–Kier alpha value is -4.56. The van der Waals surface area contributed by atoms with E-state index in [9.17, 15) is 15.3 Å². The van der Waals surface area contributed by atoms with Crippen LogP contribution in [0.15, 0.2) is 94.3 Å². The monoisotopic (exact) mass is 497 g/mol. The van der Waals surface area contributed by atoms with Crippen LogP contribution < -0.4 is 9.54 Å². The minimum atomic E-state index is -0.589. The Balaban J connectivity index is 1.60. The Kier molecular flexibility index (Phi) is 6.42. The van der Waals surface area contributed by atoms with E-state index >= 15 is 0 Å². The van der Waals surface area contributed by atoms with E-state index in [4.69, 9.17) is 9.73 Å². The summed E-state index contributed by atoms with van der Waals surface area (Å²) < 4.78 is 7.04. The van der Waals surface area contributed by atoms with E-state index in [-0.39, 0.29) is 5.56 Å². The van der Waals surface area contributed by atoms with Gasteiger partial charge in [-0.15, -0.1) is 11.3 Å². The van der Waals surface area contributed by atoms with Crippen molar-refractivity contribution < 1.29 is 20.1 Å². The van der Waals surface area contributed by atoms with Crippen LogP contribution in [0.1, 0.15) is 11.1 Å². The van der Waals surface area contributed by atoms with Gasteiger partial charge in [-0.3, -0.25) is 4.99 Å². The summed E-state index contributed by atoms with van der Waals surface area (Å²) in [7, 11) is 1.65. The first-order valence-corrected chi connectivity index (χ1v) is 12.0. The van der Waals surface area contributed by atoms with Crippen molar-refractivity contribution in [1.82, 2.24) is 4.68 Å². The number of methoxy groups -OCH3 is 1. The molecule has 3 N–H and O–H groups in total. The van der Waals surface area contributed by atoms with Gasteiger partial charge in [0.05, 0.1) is 25.6 Å². The maximum atomic E-state index is 10.2. The lowest BCUT2D eigenvalue weighted by atomic mass is 10.1. The molecule has 0 unspecified atom stereocenters. The highest BCUT2D eigenvalue weighted by Crippen LogP contribution is 2.36. The molecule has 0 aliphatic rings. The summed E-state index contributed by atoms with van der Waals surface area (Å²) in [6.45, 7) is 0.485. The average molecular weight is 498 g/mol. The van der Waals surface area contributed by atoms with Crippen LogP contribution in [0.3, 0.4) is 0 Å². The highest BCUT2D eigenvalue weighted by atomic mass is 32.1. The summed E-state index contributed by atoms with van der Waals surface area (Å²) in [4.78, 5) is 5.44. The normalized spacial score (nSPS) is 12.0. The molecule has 0 fully saturated rings. The Morgan fingerprint density at radius 3 is 2.47 bits per heavy atom. The molecule has 180 valence electrons. The molecule has 0 aliphatic carbocycles. The number of hydrogen-bond acceptors (Lipinski definition) is 7. The van der Waals surface area contributed by atoms with Gasteiger partial charge in [0.1, 0.15) is 5.75 Å². The zero-order chi connectivity index (χ0) is 25.1. The standard InChI is InChI=1S/C28H23N3O4S/c1-35-23-11-9-19-13-21(8-7-20(19)14-23)24-17-36-28(29-15-18-5-3-2-4-6-18)31(24)30-16-22-10-12-25(32)27(34)26(22)33/h2-14,16-17,32-34H,15H2,1H3. The predicted molar refractivity (Wildman–Crippen MR) is 142 cm³/mol. The van der Waals surface area contributed by atoms with Crippen LogP contribution >= 0.6 is 11.3 Å². The van der Waals surface area contributed by atoms with Crippen molar-refractivity contribution in [2.45, 2.75) is 6.54 Å². The Bertz CT molecular complexity index is 1640. The zero-order valence-electron chi connectivity index (χ0n) is 19.4. The number of aromatic hydroxyl groups is 3. The van der Waals surface area contributed by atoms with Gasteiger partial charge in [-0.05, 0) is 46.7 Å². The summed E-state index contributed by atoms with van der Waals surface area (Å²) in [5.74, 6) is -0.642. The third kappa shape index (κ3) is 4.67. The van der Waals surface area contributed by atoms with Gasteiger partial charge in [0.25, 0.3) is 0 Å². The molecule has 0 atom stereocenters. The second-order valence-electron chi connectivity index (χ2n) is 8.06. The summed E-state index contributed by atoms with van der Waals surface area (Å²) in [5.41, 5.74) is 3.10. The molecular weight excluding hydrogens is 474 g/mol. The molecule has 0 aliphatic heterocycles. The lowest BCUT2D eigenvalue weighted by Crippen LogP contribution is -2.12. The first-order chi connectivity index (χ1) is 17.5. The molecule has 0 amide bonds. The average Bonchev–Trinajstić information content (AvgIpc) is 3.32. The first-order valence-electron chi connectivity index (χ1n) is 11.1. The number of phenols is 3. The van der Waals surface area contributed by atoms with E-state index < -0.39 is 17.2 Å². The van der Waals surface area contributed by atoms with Crippen molar-refractivity contribution in [1.29, 1.82) is 0 Å². The van der Waals surface area contributed by atoms with Crippen LogP contribution in [0.5, 0.6) is 23.0 Å². The van der Waals surface area contributed by atoms with E-state index in [1.165, 1.54) is 29.7 Å². The number of fused-ring (bicyclic) bond motifs is 1. The molecule has 1 aromatic heterocycles. The maximum absolute atomic E-state index is 10.2. The van der Waals surface area contributed by atoms with Gasteiger partial charge >= 0.3 is 0 Å². The number of ether oxygens (including phenoxy) is 1. The van der Waals surface area contributed by atoms with Crippen molar-refractivity contribution in [3.8, 4) is 34.3 Å². The molecule has 36 heavy (non-hydrogen) atoms. The fourth-order valence-corrected chi connectivity index (χ4v) is 4.62. The van der Waals surface area contributed by atoms with Gasteiger partial charge in [0, 0.05) is 16.5 Å². The lowest BCUT2D eigenvalue weighted by molar-refractivity contribution is 0.367. The highest BCUT2D eigenvalue weighted by Gasteiger charge is 2.12. The van der Waals surface area contributed by atoms with Crippen molar-refractivity contribution >= 4 is 28.3 Å². The Morgan fingerprint density at radius 1 is 0.889 bits per heavy atom. The molecule has 8 heteroatoms. The van der Waals surface area contributed by atoms with Crippen LogP contribution in [-0.2, 0) is 6.54 Å². The van der Waals surface area contributed by atoms with Crippen LogP contribution in [0.2, 0.25) is 0 Å². The Labute approximate surface area is 211 Å². The number of aromatic nitrogens is 1. The predicted octanol–water partition coefficient (Wildman–Crippen LogP) is 5.48. The molecule has 7 nitrogen and oxygen atoms in total. The molecule has 0 radical (unpaired) electrons. The molecule has 5 aromatic rings. The van der Waals surface area contributed by atoms with Crippen molar-refractivity contribution in [2.24, 2.45) is 10.1 Å². The van der Waals surface area contributed by atoms with E-state index in [0.29, 0.717) is 11.3 Å². The van der Waals surface area contributed by atoms with Gasteiger partial charge in [-0.1, -0.05) is 48.5 Å². The SMILES string of the molecule is COc1ccc2cc(-c3csc(=NCc4ccccc4)n3N=Cc3ccc(O)c(O)c3O)ccc2c1. The third-order valence-electron chi connectivity index (χ3n) is 5.74. The van der Waals surface area contributed by atoms with Crippen molar-refractivity contribution in [3.05, 3.63) is 100 Å². The van der Waals surface area contributed by atoms with Crippen LogP contribution in [0.25, 0.3) is 22.0 Å². The quantitative estimate of drug-likeness (QED) is 0.214. The third-order valence-corrected chi connectivity index (χ3v) is 6.60. The second-order valence-corrected chi connectivity index (χ2v) is 8.90. The smallest absolute Gasteiger partial charge is 0.206 e. The zero-order valence-corrected chi connectivity index (χ0v) is 20.2. The molecule has 5 rings (SSSR count). The summed E-state index contributed by atoms with van der Waals surface area (Å²) in [6.07, 6.45) is 1.43. The second kappa shape index (κ2) is 9.97. The molecule has 1 heterocycles. The largest absolute Gasteiger partial charge is 0.504 e. The van der Waals surface area contributed by atoms with Crippen LogP contribution in [0.4, 0.5) is 0 Å². The lowest BCUT2D eigenvalue weighted by Gasteiger charge is -2.08. The number of nitrogens with zero attached hydrogens (tertiary/aromatic N) is 3. The first kappa shape index (κ1) is 23.2. The van der Waals surface area contributed by atoms with Crippen LogP contribution in [-0.4, -0.2) is 33.3 Å². The molecule has 0 bridgehead atoms. The highest BCUT2D eigenvalue weighted by molar-refractivity contribution is 7.07. The van der Waals surface area contributed by atoms with E-state index in [2.05, 4.69) is 11.2 Å². The van der Waals surface area contributed by atoms with E-state index in [1.54, 1.807) is 11.8 Å². The van der Waals surface area contributed by atoms with Crippen LogP contribution in [0, 0.1) is 0 Å². The fourth-order valence-electron chi connectivity index (χ4n) is 3.78.